The fraction of sp³-hybridized carbons (Fsp3) is 0.500. The topological polar surface area (TPSA) is 42.3 Å². The molecule has 0 radical (unpaired) electrons. The molecule has 0 heterocycles. The summed E-state index contributed by atoms with van der Waals surface area (Å²) in [6.45, 7) is 1.79. The zero-order chi connectivity index (χ0) is 9.84. The van der Waals surface area contributed by atoms with Crippen molar-refractivity contribution in [1.82, 2.24) is 0 Å². The smallest absolute Gasteiger partial charge is 0.156 e. The van der Waals surface area contributed by atoms with Gasteiger partial charge in [0.2, 0.25) is 0 Å². The maximum Gasteiger partial charge on any atom is 0.156 e. The first-order valence-electron chi connectivity index (χ1n) is 4.26. The Morgan fingerprint density at radius 3 is 2.46 bits per heavy atom. The Morgan fingerprint density at radius 2 is 2.00 bits per heavy atom. The van der Waals surface area contributed by atoms with Gasteiger partial charge in [-0.3, -0.25) is 0 Å². The number of nitrogens with one attached hydrogen (secondary N) is 1. The van der Waals surface area contributed by atoms with Crippen LogP contribution in [0.2, 0.25) is 0 Å². The van der Waals surface area contributed by atoms with Crippen molar-refractivity contribution in [3.8, 4) is 0 Å². The van der Waals surface area contributed by atoms with Crippen molar-refractivity contribution in [2.24, 2.45) is 0 Å². The Labute approximate surface area is 78.6 Å². The van der Waals surface area contributed by atoms with Crippen molar-refractivity contribution < 1.29 is 9.47 Å². The van der Waals surface area contributed by atoms with Crippen molar-refractivity contribution >= 4 is 5.71 Å². The highest BCUT2D eigenvalue weighted by Crippen LogP contribution is 2.25. The molecule has 1 aliphatic rings. The molecule has 0 bridgehead atoms. The summed E-state index contributed by atoms with van der Waals surface area (Å²) in [5.41, 5.74) is 1.63. The lowest BCUT2D eigenvalue weighted by molar-refractivity contribution is 0.218. The highest BCUT2D eigenvalue weighted by atomic mass is 16.5. The van der Waals surface area contributed by atoms with Crippen LogP contribution in [0.4, 0.5) is 0 Å². The van der Waals surface area contributed by atoms with Crippen LogP contribution in [0.15, 0.2) is 23.2 Å². The monoisotopic (exact) mass is 181 g/mol. The second-order valence-corrected chi connectivity index (χ2v) is 2.99. The van der Waals surface area contributed by atoms with E-state index in [1.807, 2.05) is 6.08 Å². The first-order chi connectivity index (χ1) is 6.19. The average Bonchev–Trinajstić information content (AvgIpc) is 2.16. The predicted octanol–water partition coefficient (Wildman–Crippen LogP) is 2.25. The van der Waals surface area contributed by atoms with E-state index >= 15 is 0 Å². The van der Waals surface area contributed by atoms with Gasteiger partial charge in [0.1, 0.15) is 5.76 Å². The number of methoxy groups -OCH3 is 2. The van der Waals surface area contributed by atoms with Crippen LogP contribution in [0.1, 0.15) is 19.8 Å². The summed E-state index contributed by atoms with van der Waals surface area (Å²) in [5.74, 6) is 1.61. The summed E-state index contributed by atoms with van der Waals surface area (Å²) >= 11 is 0. The summed E-state index contributed by atoms with van der Waals surface area (Å²) in [4.78, 5) is 0. The fourth-order valence-corrected chi connectivity index (χ4v) is 1.35. The zero-order valence-corrected chi connectivity index (χ0v) is 8.31. The fourth-order valence-electron chi connectivity index (χ4n) is 1.35. The summed E-state index contributed by atoms with van der Waals surface area (Å²) in [5, 5.41) is 7.49. The van der Waals surface area contributed by atoms with Crippen LogP contribution in [0.3, 0.4) is 0 Å². The van der Waals surface area contributed by atoms with Crippen LogP contribution in [0.5, 0.6) is 0 Å². The molecule has 0 saturated heterocycles. The van der Waals surface area contributed by atoms with Gasteiger partial charge in [0.05, 0.1) is 14.2 Å². The minimum Gasteiger partial charge on any atom is -0.497 e. The molecule has 1 aliphatic carbocycles. The summed E-state index contributed by atoms with van der Waals surface area (Å²) in [7, 11) is 3.26. The van der Waals surface area contributed by atoms with E-state index in [0.29, 0.717) is 5.71 Å². The maximum atomic E-state index is 7.49. The van der Waals surface area contributed by atoms with Crippen LogP contribution >= 0.6 is 0 Å². The van der Waals surface area contributed by atoms with Crippen molar-refractivity contribution in [3.05, 3.63) is 23.2 Å². The van der Waals surface area contributed by atoms with Gasteiger partial charge < -0.3 is 14.9 Å². The lowest BCUT2D eigenvalue weighted by Crippen LogP contribution is -2.06. The molecule has 1 N–H and O–H groups in total. The summed E-state index contributed by atoms with van der Waals surface area (Å²) in [6.07, 6.45) is 3.57. The van der Waals surface area contributed by atoms with Crippen molar-refractivity contribution in [1.29, 1.82) is 5.41 Å². The highest BCUT2D eigenvalue weighted by molar-refractivity contribution is 5.96. The summed E-state index contributed by atoms with van der Waals surface area (Å²) < 4.78 is 10.3. The second kappa shape index (κ2) is 4.12. The molecule has 0 amide bonds. The first-order valence-corrected chi connectivity index (χ1v) is 4.26. The normalized spacial score (nSPS) is 16.7. The van der Waals surface area contributed by atoms with Gasteiger partial charge in [-0.2, -0.15) is 0 Å². The second-order valence-electron chi connectivity index (χ2n) is 2.99. The molecular weight excluding hydrogens is 166 g/mol. The van der Waals surface area contributed by atoms with E-state index in [9.17, 15) is 0 Å². The first kappa shape index (κ1) is 9.84. The predicted molar refractivity (Wildman–Crippen MR) is 51.8 cm³/mol. The van der Waals surface area contributed by atoms with Crippen LogP contribution in [-0.2, 0) is 9.47 Å². The Balaban J connectivity index is 2.93. The Kier molecular flexibility index (Phi) is 3.12. The molecule has 0 aromatic rings. The average molecular weight is 181 g/mol. The third-order valence-electron chi connectivity index (χ3n) is 2.15. The van der Waals surface area contributed by atoms with E-state index < -0.39 is 0 Å². The van der Waals surface area contributed by atoms with Crippen LogP contribution < -0.4 is 0 Å². The molecule has 3 heteroatoms. The lowest BCUT2D eigenvalue weighted by Gasteiger charge is -2.17. The Bertz CT molecular complexity index is 277. The molecule has 0 unspecified atom stereocenters. The third kappa shape index (κ3) is 2.11. The zero-order valence-electron chi connectivity index (χ0n) is 8.31. The molecule has 0 saturated carbocycles. The van der Waals surface area contributed by atoms with Crippen LogP contribution in [-0.4, -0.2) is 19.9 Å². The van der Waals surface area contributed by atoms with Gasteiger partial charge in [-0.1, -0.05) is 0 Å². The molecule has 1 rings (SSSR count). The van der Waals surface area contributed by atoms with Gasteiger partial charge in [0.15, 0.2) is 5.76 Å². The molecule has 0 aromatic carbocycles. The van der Waals surface area contributed by atoms with E-state index in [-0.39, 0.29) is 0 Å². The van der Waals surface area contributed by atoms with Crippen molar-refractivity contribution in [2.75, 3.05) is 14.2 Å². The standard InChI is InChI=1S/C10H15NO2/c1-7(11)8-4-5-9(12-2)10(6-8)13-3/h6,11H,4-5H2,1-3H3. The third-order valence-corrected chi connectivity index (χ3v) is 2.15. The minimum atomic E-state index is 0.602. The molecule has 13 heavy (non-hydrogen) atoms. The van der Waals surface area contributed by atoms with E-state index in [4.69, 9.17) is 14.9 Å². The molecule has 72 valence electrons. The number of hydrogen-bond donors (Lipinski definition) is 1. The lowest BCUT2D eigenvalue weighted by atomic mass is 9.99. The van der Waals surface area contributed by atoms with Crippen molar-refractivity contribution in [3.63, 3.8) is 0 Å². The van der Waals surface area contributed by atoms with E-state index in [0.717, 1.165) is 29.9 Å². The molecule has 0 fully saturated rings. The van der Waals surface area contributed by atoms with Gasteiger partial charge in [-0.05, 0) is 25.0 Å². The Morgan fingerprint density at radius 1 is 1.31 bits per heavy atom. The summed E-state index contributed by atoms with van der Waals surface area (Å²) in [6, 6.07) is 0. The number of ether oxygens (including phenoxy) is 2. The van der Waals surface area contributed by atoms with Gasteiger partial charge in [0.25, 0.3) is 0 Å². The highest BCUT2D eigenvalue weighted by Gasteiger charge is 2.15. The quantitative estimate of drug-likeness (QED) is 0.678. The number of hydrogen-bond acceptors (Lipinski definition) is 3. The van der Waals surface area contributed by atoms with Gasteiger partial charge >= 0.3 is 0 Å². The maximum absolute atomic E-state index is 7.49. The van der Waals surface area contributed by atoms with Gasteiger partial charge in [0, 0.05) is 12.1 Å². The van der Waals surface area contributed by atoms with Gasteiger partial charge in [-0.25, -0.2) is 0 Å². The molecule has 0 aliphatic heterocycles. The minimum absolute atomic E-state index is 0.602. The van der Waals surface area contributed by atoms with Crippen LogP contribution in [0.25, 0.3) is 0 Å². The SMILES string of the molecule is COC1=C(OC)CCC(C(C)=N)=C1. The molecule has 3 nitrogen and oxygen atoms in total. The Hall–Kier alpha value is -1.25. The molecule has 0 spiro atoms. The van der Waals surface area contributed by atoms with E-state index in [1.165, 1.54) is 0 Å². The van der Waals surface area contributed by atoms with Crippen molar-refractivity contribution in [2.45, 2.75) is 19.8 Å². The molecule has 0 aromatic heterocycles. The van der Waals surface area contributed by atoms with Crippen LogP contribution in [0, 0.1) is 5.41 Å². The number of allylic oxidation sites excluding steroid dienone is 3. The molecule has 0 atom stereocenters. The van der Waals surface area contributed by atoms with E-state index in [1.54, 1.807) is 21.1 Å². The van der Waals surface area contributed by atoms with Gasteiger partial charge in [-0.15, -0.1) is 0 Å². The molecular formula is C10H15NO2. The largest absolute Gasteiger partial charge is 0.497 e. The van der Waals surface area contributed by atoms with E-state index in [2.05, 4.69) is 0 Å². The number of rotatable bonds is 3.